The fourth-order valence-electron chi connectivity index (χ4n) is 3.77. The molecule has 1 aliphatic heterocycles. The predicted octanol–water partition coefficient (Wildman–Crippen LogP) is 4.25. The molecule has 2 aromatic heterocycles. The summed E-state index contributed by atoms with van der Waals surface area (Å²) < 4.78 is 11.2. The van der Waals surface area contributed by atoms with Crippen molar-refractivity contribution < 1.29 is 14.3 Å². The topological polar surface area (TPSA) is 91.6 Å². The van der Waals surface area contributed by atoms with Crippen LogP contribution in [0.25, 0.3) is 11.3 Å². The molecular formula is C24H31N5O3. The van der Waals surface area contributed by atoms with Gasteiger partial charge in [-0.2, -0.15) is 5.26 Å². The number of nitrogens with zero attached hydrogens (tertiary/aromatic N) is 5. The molecule has 1 saturated heterocycles. The van der Waals surface area contributed by atoms with E-state index >= 15 is 0 Å². The zero-order chi connectivity index (χ0) is 23.3. The highest BCUT2D eigenvalue weighted by Gasteiger charge is 2.32. The highest BCUT2D eigenvalue weighted by atomic mass is 16.6. The molecule has 3 heterocycles. The SMILES string of the molecule is CCOc1ncccc1-c1ccc(N2CCN(C(=O)OC(C)(C)C)C[C@H]2CC)c(C#N)n1. The van der Waals surface area contributed by atoms with Crippen molar-refractivity contribution >= 4 is 11.8 Å². The standard InChI is InChI=1S/C24H31N5O3/c1-6-17-16-28(23(30)32-24(3,4)5)13-14-29(17)21-11-10-19(27-20(21)15-25)18-9-8-12-26-22(18)31-7-2/h8-12,17H,6-7,13-14,16H2,1-5H3/t17-/m1/s1. The second-order valence-electron chi connectivity index (χ2n) is 8.65. The summed E-state index contributed by atoms with van der Waals surface area (Å²) in [5.74, 6) is 0.497. The summed E-state index contributed by atoms with van der Waals surface area (Å²) in [6.45, 7) is 11.7. The third-order valence-corrected chi connectivity index (χ3v) is 5.22. The highest BCUT2D eigenvalue weighted by Crippen LogP contribution is 2.31. The van der Waals surface area contributed by atoms with Crippen LogP contribution in [-0.2, 0) is 4.74 Å². The molecule has 1 fully saturated rings. The molecule has 0 radical (unpaired) electrons. The molecule has 0 saturated carbocycles. The zero-order valence-electron chi connectivity index (χ0n) is 19.5. The molecular weight excluding hydrogens is 406 g/mol. The second kappa shape index (κ2) is 9.86. The maximum atomic E-state index is 12.5. The van der Waals surface area contributed by atoms with Gasteiger partial charge in [-0.25, -0.2) is 14.8 Å². The third-order valence-electron chi connectivity index (χ3n) is 5.22. The molecule has 3 rings (SSSR count). The van der Waals surface area contributed by atoms with Gasteiger partial charge in [-0.1, -0.05) is 6.92 Å². The Balaban J connectivity index is 1.85. The van der Waals surface area contributed by atoms with Gasteiger partial charge in [0.05, 0.1) is 23.6 Å². The van der Waals surface area contributed by atoms with E-state index in [1.165, 1.54) is 0 Å². The van der Waals surface area contributed by atoms with Gasteiger partial charge in [-0.15, -0.1) is 0 Å². The summed E-state index contributed by atoms with van der Waals surface area (Å²) in [6.07, 6.45) is 2.19. The number of nitriles is 1. The van der Waals surface area contributed by atoms with E-state index in [1.807, 2.05) is 52.0 Å². The number of piperazine rings is 1. The van der Waals surface area contributed by atoms with Crippen LogP contribution < -0.4 is 9.64 Å². The van der Waals surface area contributed by atoms with Crippen LogP contribution >= 0.6 is 0 Å². The van der Waals surface area contributed by atoms with E-state index in [4.69, 9.17) is 9.47 Å². The van der Waals surface area contributed by atoms with Crippen molar-refractivity contribution in [1.29, 1.82) is 5.26 Å². The zero-order valence-corrected chi connectivity index (χ0v) is 19.5. The Hall–Kier alpha value is -3.34. The predicted molar refractivity (Wildman–Crippen MR) is 123 cm³/mol. The van der Waals surface area contributed by atoms with Gasteiger partial charge in [-0.3, -0.25) is 0 Å². The number of hydrogen-bond acceptors (Lipinski definition) is 7. The van der Waals surface area contributed by atoms with E-state index in [-0.39, 0.29) is 12.1 Å². The summed E-state index contributed by atoms with van der Waals surface area (Å²) in [6, 6.07) is 9.83. The van der Waals surface area contributed by atoms with Crippen molar-refractivity contribution in [2.45, 2.75) is 52.7 Å². The Morgan fingerprint density at radius 1 is 1.25 bits per heavy atom. The van der Waals surface area contributed by atoms with Crippen molar-refractivity contribution in [2.75, 3.05) is 31.1 Å². The van der Waals surface area contributed by atoms with Crippen LogP contribution in [0, 0.1) is 11.3 Å². The first-order valence-corrected chi connectivity index (χ1v) is 11.0. The molecule has 8 heteroatoms. The molecule has 0 unspecified atom stereocenters. The number of carbonyl (C=O) groups is 1. The second-order valence-corrected chi connectivity index (χ2v) is 8.65. The Kier molecular flexibility index (Phi) is 7.18. The van der Waals surface area contributed by atoms with E-state index in [0.717, 1.165) is 17.7 Å². The number of hydrogen-bond donors (Lipinski definition) is 0. The lowest BCUT2D eigenvalue weighted by Gasteiger charge is -2.42. The summed E-state index contributed by atoms with van der Waals surface area (Å²) >= 11 is 0. The van der Waals surface area contributed by atoms with Gasteiger partial charge < -0.3 is 19.3 Å². The van der Waals surface area contributed by atoms with Crippen molar-refractivity contribution in [3.8, 4) is 23.2 Å². The van der Waals surface area contributed by atoms with Crippen LogP contribution in [0.3, 0.4) is 0 Å². The number of aromatic nitrogens is 2. The fourth-order valence-corrected chi connectivity index (χ4v) is 3.77. The van der Waals surface area contributed by atoms with Gasteiger partial charge in [0.1, 0.15) is 11.7 Å². The molecule has 32 heavy (non-hydrogen) atoms. The van der Waals surface area contributed by atoms with Crippen LogP contribution in [0.1, 0.15) is 46.7 Å². The van der Waals surface area contributed by atoms with E-state index in [0.29, 0.717) is 43.5 Å². The molecule has 0 spiro atoms. The van der Waals surface area contributed by atoms with Crippen LogP contribution in [0.2, 0.25) is 0 Å². The Bertz CT molecular complexity index is 996. The molecule has 8 nitrogen and oxygen atoms in total. The minimum atomic E-state index is -0.531. The van der Waals surface area contributed by atoms with E-state index in [2.05, 4.69) is 27.9 Å². The van der Waals surface area contributed by atoms with Gasteiger partial charge in [0.2, 0.25) is 5.88 Å². The molecule has 1 amide bonds. The molecule has 1 atom stereocenters. The summed E-state index contributed by atoms with van der Waals surface area (Å²) in [4.78, 5) is 25.4. The van der Waals surface area contributed by atoms with Gasteiger partial charge in [0.25, 0.3) is 0 Å². The monoisotopic (exact) mass is 437 g/mol. The quantitative estimate of drug-likeness (QED) is 0.690. The van der Waals surface area contributed by atoms with Crippen molar-refractivity contribution in [2.24, 2.45) is 0 Å². The lowest BCUT2D eigenvalue weighted by atomic mass is 10.1. The lowest BCUT2D eigenvalue weighted by Crippen LogP contribution is -2.55. The van der Waals surface area contributed by atoms with Crippen molar-refractivity contribution in [3.63, 3.8) is 0 Å². The van der Waals surface area contributed by atoms with E-state index in [1.54, 1.807) is 11.1 Å². The smallest absolute Gasteiger partial charge is 0.410 e. The van der Waals surface area contributed by atoms with Crippen molar-refractivity contribution in [1.82, 2.24) is 14.9 Å². The normalized spacial score (nSPS) is 16.4. The van der Waals surface area contributed by atoms with Gasteiger partial charge in [0.15, 0.2) is 5.69 Å². The fraction of sp³-hybridized carbons (Fsp3) is 0.500. The van der Waals surface area contributed by atoms with Gasteiger partial charge in [-0.05, 0) is 58.4 Å². The number of anilines is 1. The van der Waals surface area contributed by atoms with Gasteiger partial charge >= 0.3 is 6.09 Å². The first kappa shape index (κ1) is 23.3. The summed E-state index contributed by atoms with van der Waals surface area (Å²) in [7, 11) is 0. The number of pyridine rings is 2. The first-order chi connectivity index (χ1) is 15.3. The van der Waals surface area contributed by atoms with Crippen LogP contribution in [-0.4, -0.2) is 58.8 Å². The molecule has 1 aliphatic rings. The maximum absolute atomic E-state index is 12.5. The Morgan fingerprint density at radius 3 is 2.69 bits per heavy atom. The number of rotatable bonds is 5. The van der Waals surface area contributed by atoms with Crippen LogP contribution in [0.4, 0.5) is 10.5 Å². The minimum absolute atomic E-state index is 0.0633. The van der Waals surface area contributed by atoms with E-state index in [9.17, 15) is 10.1 Å². The summed E-state index contributed by atoms with van der Waals surface area (Å²) in [5, 5.41) is 9.85. The molecule has 0 N–H and O–H groups in total. The summed E-state index contributed by atoms with van der Waals surface area (Å²) in [5.41, 5.74) is 1.98. The molecule has 170 valence electrons. The molecule has 2 aromatic rings. The molecule has 0 bridgehead atoms. The highest BCUT2D eigenvalue weighted by molar-refractivity contribution is 5.71. The average molecular weight is 438 g/mol. The lowest BCUT2D eigenvalue weighted by molar-refractivity contribution is 0.0213. The number of amides is 1. The first-order valence-electron chi connectivity index (χ1n) is 11.0. The third kappa shape index (κ3) is 5.28. The Labute approximate surface area is 189 Å². The molecule has 0 aliphatic carbocycles. The minimum Gasteiger partial charge on any atom is -0.477 e. The largest absolute Gasteiger partial charge is 0.477 e. The van der Waals surface area contributed by atoms with Crippen molar-refractivity contribution in [3.05, 3.63) is 36.2 Å². The maximum Gasteiger partial charge on any atom is 0.410 e. The van der Waals surface area contributed by atoms with Crippen LogP contribution in [0.15, 0.2) is 30.5 Å². The average Bonchev–Trinajstić information content (AvgIpc) is 2.77. The number of ether oxygens (including phenoxy) is 2. The molecule has 0 aromatic carbocycles. The van der Waals surface area contributed by atoms with Crippen LogP contribution in [0.5, 0.6) is 5.88 Å². The number of carbonyl (C=O) groups excluding carboxylic acids is 1. The van der Waals surface area contributed by atoms with E-state index < -0.39 is 5.60 Å². The van der Waals surface area contributed by atoms with Gasteiger partial charge in [0, 0.05) is 31.9 Å². The Morgan fingerprint density at radius 2 is 2.03 bits per heavy atom.